The fraction of sp³-hybridized carbons (Fsp3) is 0.667. The molecule has 1 saturated heterocycles. The highest BCUT2D eigenvalue weighted by Gasteiger charge is 2.09. The maximum Gasteiger partial charge on any atom is 0.0367 e. The van der Waals surface area contributed by atoms with E-state index in [-0.39, 0.29) is 0 Å². The van der Waals surface area contributed by atoms with Gasteiger partial charge in [-0.05, 0) is 30.5 Å². The van der Waals surface area contributed by atoms with Gasteiger partial charge in [-0.1, -0.05) is 51.2 Å². The molecule has 0 saturated carbocycles. The number of nitrogens with one attached hydrogen (secondary N) is 1. The minimum Gasteiger partial charge on any atom is -0.369 e. The summed E-state index contributed by atoms with van der Waals surface area (Å²) in [7, 11) is 0. The summed E-state index contributed by atoms with van der Waals surface area (Å²) >= 11 is 0. The second-order valence-corrected chi connectivity index (χ2v) is 5.92. The summed E-state index contributed by atoms with van der Waals surface area (Å²) in [5.74, 6) is 0. The molecule has 2 heteroatoms. The minimum atomic E-state index is 1.11. The van der Waals surface area contributed by atoms with Crippen LogP contribution in [0.2, 0.25) is 0 Å². The van der Waals surface area contributed by atoms with E-state index in [1.807, 2.05) is 0 Å². The molecule has 0 unspecified atom stereocenters. The fourth-order valence-corrected chi connectivity index (χ4v) is 2.91. The van der Waals surface area contributed by atoms with Crippen molar-refractivity contribution in [1.29, 1.82) is 0 Å². The SMILES string of the molecule is CCCCCCCCc1ccc(N2CCNCC2)cc1. The highest BCUT2D eigenvalue weighted by Crippen LogP contribution is 2.17. The molecule has 0 atom stereocenters. The molecule has 0 aromatic heterocycles. The van der Waals surface area contributed by atoms with Crippen molar-refractivity contribution in [2.24, 2.45) is 0 Å². The number of nitrogens with zero attached hydrogens (tertiary/aromatic N) is 1. The lowest BCUT2D eigenvalue weighted by molar-refractivity contribution is 0.589. The Labute approximate surface area is 124 Å². The molecule has 0 bridgehead atoms. The average molecular weight is 274 g/mol. The highest BCUT2D eigenvalue weighted by molar-refractivity contribution is 5.48. The van der Waals surface area contributed by atoms with Gasteiger partial charge in [-0.3, -0.25) is 0 Å². The Balaban J connectivity index is 1.68. The number of anilines is 1. The zero-order chi connectivity index (χ0) is 14.0. The fourth-order valence-electron chi connectivity index (χ4n) is 2.91. The van der Waals surface area contributed by atoms with E-state index in [0.717, 1.165) is 26.2 Å². The van der Waals surface area contributed by atoms with Gasteiger partial charge in [-0.2, -0.15) is 0 Å². The first-order valence-electron chi connectivity index (χ1n) is 8.45. The van der Waals surface area contributed by atoms with Crippen LogP contribution < -0.4 is 10.2 Å². The van der Waals surface area contributed by atoms with Crippen LogP contribution in [-0.2, 0) is 6.42 Å². The lowest BCUT2D eigenvalue weighted by atomic mass is 10.0. The topological polar surface area (TPSA) is 15.3 Å². The van der Waals surface area contributed by atoms with Crippen LogP contribution in [0.25, 0.3) is 0 Å². The summed E-state index contributed by atoms with van der Waals surface area (Å²) in [6.45, 7) is 6.77. The van der Waals surface area contributed by atoms with Crippen molar-refractivity contribution in [2.75, 3.05) is 31.1 Å². The van der Waals surface area contributed by atoms with Gasteiger partial charge < -0.3 is 10.2 Å². The molecule has 2 rings (SSSR count). The summed E-state index contributed by atoms with van der Waals surface area (Å²) in [5.41, 5.74) is 2.89. The van der Waals surface area contributed by atoms with Gasteiger partial charge in [0.1, 0.15) is 0 Å². The predicted molar refractivity (Wildman–Crippen MR) is 88.6 cm³/mol. The predicted octanol–water partition coefficient (Wildman–Crippen LogP) is 4.00. The van der Waals surface area contributed by atoms with E-state index < -0.39 is 0 Å². The molecule has 0 spiro atoms. The number of aryl methyl sites for hydroxylation is 1. The molecule has 0 amide bonds. The molecule has 1 heterocycles. The van der Waals surface area contributed by atoms with Crippen LogP contribution in [0.1, 0.15) is 51.0 Å². The second-order valence-electron chi connectivity index (χ2n) is 5.92. The number of piperazine rings is 1. The summed E-state index contributed by atoms with van der Waals surface area (Å²) in [4.78, 5) is 2.48. The van der Waals surface area contributed by atoms with Gasteiger partial charge in [0.2, 0.25) is 0 Å². The van der Waals surface area contributed by atoms with Crippen molar-refractivity contribution in [3.05, 3.63) is 29.8 Å². The largest absolute Gasteiger partial charge is 0.369 e. The Bertz CT molecular complexity index is 352. The normalized spacial score (nSPS) is 15.6. The third kappa shape index (κ3) is 5.16. The number of benzene rings is 1. The standard InChI is InChI=1S/C18H30N2/c1-2-3-4-5-6-7-8-17-9-11-18(12-10-17)20-15-13-19-14-16-20/h9-12,19H,2-8,13-16H2,1H3. The average Bonchev–Trinajstić information content (AvgIpc) is 2.52. The summed E-state index contributed by atoms with van der Waals surface area (Å²) in [6, 6.07) is 9.25. The van der Waals surface area contributed by atoms with Crippen LogP contribution in [-0.4, -0.2) is 26.2 Å². The van der Waals surface area contributed by atoms with Crippen molar-refractivity contribution < 1.29 is 0 Å². The quantitative estimate of drug-likeness (QED) is 0.721. The molecule has 1 aliphatic heterocycles. The number of hydrogen-bond donors (Lipinski definition) is 1. The molecule has 2 nitrogen and oxygen atoms in total. The molecule has 0 radical (unpaired) electrons. The second kappa shape index (κ2) is 9.02. The van der Waals surface area contributed by atoms with E-state index in [4.69, 9.17) is 0 Å². The molecule has 1 aromatic carbocycles. The lowest BCUT2D eigenvalue weighted by Crippen LogP contribution is -2.43. The van der Waals surface area contributed by atoms with Crippen molar-refractivity contribution in [3.63, 3.8) is 0 Å². The van der Waals surface area contributed by atoms with Crippen LogP contribution >= 0.6 is 0 Å². The van der Waals surface area contributed by atoms with Crippen molar-refractivity contribution in [3.8, 4) is 0 Å². The first kappa shape index (κ1) is 15.4. The van der Waals surface area contributed by atoms with Crippen LogP contribution in [0.15, 0.2) is 24.3 Å². The van der Waals surface area contributed by atoms with Crippen LogP contribution in [0, 0.1) is 0 Å². The van der Waals surface area contributed by atoms with Gasteiger partial charge in [-0.25, -0.2) is 0 Å². The number of hydrogen-bond acceptors (Lipinski definition) is 2. The lowest BCUT2D eigenvalue weighted by Gasteiger charge is -2.29. The van der Waals surface area contributed by atoms with Crippen LogP contribution in [0.3, 0.4) is 0 Å². The van der Waals surface area contributed by atoms with Gasteiger partial charge in [0.15, 0.2) is 0 Å². The van der Waals surface area contributed by atoms with Crippen molar-refractivity contribution in [1.82, 2.24) is 5.32 Å². The van der Waals surface area contributed by atoms with Crippen LogP contribution in [0.5, 0.6) is 0 Å². The van der Waals surface area contributed by atoms with Gasteiger partial charge in [0.25, 0.3) is 0 Å². The zero-order valence-electron chi connectivity index (χ0n) is 13.0. The molecule has 1 N–H and O–H groups in total. The van der Waals surface area contributed by atoms with E-state index in [1.165, 1.54) is 56.2 Å². The third-order valence-corrected chi connectivity index (χ3v) is 4.24. The molecule has 1 fully saturated rings. The summed E-state index contributed by atoms with van der Waals surface area (Å²) < 4.78 is 0. The zero-order valence-corrected chi connectivity index (χ0v) is 13.0. The molecule has 0 aliphatic carbocycles. The number of unbranched alkanes of at least 4 members (excludes halogenated alkanes) is 5. The molecule has 1 aliphatic rings. The maximum absolute atomic E-state index is 3.40. The Morgan fingerprint density at radius 2 is 1.55 bits per heavy atom. The van der Waals surface area contributed by atoms with E-state index >= 15 is 0 Å². The molecule has 1 aromatic rings. The Kier molecular flexibility index (Phi) is 6.93. The first-order valence-corrected chi connectivity index (χ1v) is 8.45. The molecule has 20 heavy (non-hydrogen) atoms. The van der Waals surface area contributed by atoms with E-state index in [9.17, 15) is 0 Å². The van der Waals surface area contributed by atoms with Gasteiger partial charge in [0.05, 0.1) is 0 Å². The summed E-state index contributed by atoms with van der Waals surface area (Å²) in [6.07, 6.45) is 9.54. The van der Waals surface area contributed by atoms with Gasteiger partial charge in [0, 0.05) is 31.9 Å². The number of rotatable bonds is 8. The highest BCUT2D eigenvalue weighted by atomic mass is 15.2. The Morgan fingerprint density at radius 3 is 2.25 bits per heavy atom. The minimum absolute atomic E-state index is 1.11. The molecule has 112 valence electrons. The third-order valence-electron chi connectivity index (χ3n) is 4.24. The Hall–Kier alpha value is -1.02. The van der Waals surface area contributed by atoms with E-state index in [1.54, 1.807) is 0 Å². The Morgan fingerprint density at radius 1 is 0.900 bits per heavy atom. The van der Waals surface area contributed by atoms with Gasteiger partial charge in [-0.15, -0.1) is 0 Å². The maximum atomic E-state index is 3.40. The van der Waals surface area contributed by atoms with Crippen molar-refractivity contribution in [2.45, 2.75) is 51.9 Å². The smallest absolute Gasteiger partial charge is 0.0367 e. The van der Waals surface area contributed by atoms with E-state index in [0.29, 0.717) is 0 Å². The summed E-state index contributed by atoms with van der Waals surface area (Å²) in [5, 5.41) is 3.40. The molecular formula is C18H30N2. The molecular weight excluding hydrogens is 244 g/mol. The van der Waals surface area contributed by atoms with E-state index in [2.05, 4.69) is 41.4 Å². The first-order chi connectivity index (χ1) is 9.90. The van der Waals surface area contributed by atoms with Crippen molar-refractivity contribution >= 4 is 5.69 Å². The van der Waals surface area contributed by atoms with Gasteiger partial charge >= 0.3 is 0 Å². The monoisotopic (exact) mass is 274 g/mol. The van der Waals surface area contributed by atoms with Crippen LogP contribution in [0.4, 0.5) is 5.69 Å².